The van der Waals surface area contributed by atoms with E-state index >= 15 is 0 Å². The highest BCUT2D eigenvalue weighted by atomic mass is 32.1. The number of aromatic nitrogens is 3. The quantitative estimate of drug-likeness (QED) is 0.518. The molecule has 2 aromatic heterocycles. The molecule has 0 unspecified atom stereocenters. The van der Waals surface area contributed by atoms with Crippen molar-refractivity contribution in [1.82, 2.24) is 14.8 Å². The highest BCUT2D eigenvalue weighted by Crippen LogP contribution is 2.22. The lowest BCUT2D eigenvalue weighted by atomic mass is 10.2. The maximum atomic E-state index is 12.8. The van der Waals surface area contributed by atoms with Crippen molar-refractivity contribution < 1.29 is 14.3 Å². The van der Waals surface area contributed by atoms with Crippen LogP contribution in [0.4, 0.5) is 0 Å². The second kappa shape index (κ2) is 6.98. The SMILES string of the molecule is CCOC(=O)c1cc(C(=O)c2sc(C)nc2C)nn1-c1ccccc1. The Morgan fingerprint density at radius 3 is 2.52 bits per heavy atom. The topological polar surface area (TPSA) is 74.1 Å². The summed E-state index contributed by atoms with van der Waals surface area (Å²) in [5.41, 5.74) is 1.76. The zero-order chi connectivity index (χ0) is 18.0. The van der Waals surface area contributed by atoms with Gasteiger partial charge in [0.2, 0.25) is 5.78 Å². The largest absolute Gasteiger partial charge is 0.461 e. The zero-order valence-electron chi connectivity index (χ0n) is 14.1. The maximum absolute atomic E-state index is 12.8. The van der Waals surface area contributed by atoms with Crippen LogP contribution in [-0.2, 0) is 4.74 Å². The molecule has 3 aromatic rings. The average Bonchev–Trinajstić information content (AvgIpc) is 3.19. The first kappa shape index (κ1) is 17.0. The van der Waals surface area contributed by atoms with Crippen LogP contribution in [0, 0.1) is 13.8 Å². The minimum atomic E-state index is -0.518. The molecule has 128 valence electrons. The second-order valence-electron chi connectivity index (χ2n) is 5.36. The van der Waals surface area contributed by atoms with Crippen molar-refractivity contribution in [2.24, 2.45) is 0 Å². The van der Waals surface area contributed by atoms with Crippen molar-refractivity contribution in [3.8, 4) is 5.69 Å². The van der Waals surface area contributed by atoms with Crippen molar-refractivity contribution in [2.45, 2.75) is 20.8 Å². The minimum absolute atomic E-state index is 0.193. The Balaban J connectivity index is 2.08. The summed E-state index contributed by atoms with van der Waals surface area (Å²) in [5, 5.41) is 5.17. The summed E-state index contributed by atoms with van der Waals surface area (Å²) in [5.74, 6) is -0.765. The minimum Gasteiger partial charge on any atom is -0.461 e. The lowest BCUT2D eigenvalue weighted by Gasteiger charge is -2.06. The van der Waals surface area contributed by atoms with E-state index in [2.05, 4.69) is 10.1 Å². The van der Waals surface area contributed by atoms with Crippen molar-refractivity contribution in [2.75, 3.05) is 6.61 Å². The van der Waals surface area contributed by atoms with E-state index in [0.29, 0.717) is 16.3 Å². The number of thiazole rings is 1. The molecule has 0 radical (unpaired) electrons. The van der Waals surface area contributed by atoms with Crippen LogP contribution in [0.25, 0.3) is 5.69 Å². The van der Waals surface area contributed by atoms with Crippen LogP contribution >= 0.6 is 11.3 Å². The smallest absolute Gasteiger partial charge is 0.357 e. The lowest BCUT2D eigenvalue weighted by molar-refractivity contribution is 0.0515. The Morgan fingerprint density at radius 2 is 1.92 bits per heavy atom. The van der Waals surface area contributed by atoms with Crippen LogP contribution in [-0.4, -0.2) is 33.1 Å². The Labute approximate surface area is 149 Å². The number of rotatable bonds is 5. The van der Waals surface area contributed by atoms with Crippen molar-refractivity contribution in [1.29, 1.82) is 0 Å². The van der Waals surface area contributed by atoms with Gasteiger partial charge in [-0.2, -0.15) is 5.10 Å². The number of nitrogens with zero attached hydrogens (tertiary/aromatic N) is 3. The summed E-state index contributed by atoms with van der Waals surface area (Å²) in [6.07, 6.45) is 0. The predicted octanol–water partition coefficient (Wildman–Crippen LogP) is 3.35. The number of carbonyl (C=O) groups excluding carboxylic acids is 2. The highest BCUT2D eigenvalue weighted by molar-refractivity contribution is 7.14. The van der Waals surface area contributed by atoms with E-state index in [-0.39, 0.29) is 23.8 Å². The molecule has 3 rings (SSSR count). The van der Waals surface area contributed by atoms with Crippen LogP contribution in [0.2, 0.25) is 0 Å². The Kier molecular flexibility index (Phi) is 4.76. The van der Waals surface area contributed by atoms with Gasteiger partial charge in [0, 0.05) is 6.07 Å². The Morgan fingerprint density at radius 1 is 1.20 bits per heavy atom. The highest BCUT2D eigenvalue weighted by Gasteiger charge is 2.24. The van der Waals surface area contributed by atoms with Gasteiger partial charge in [-0.1, -0.05) is 18.2 Å². The van der Waals surface area contributed by atoms with E-state index in [1.807, 2.05) is 37.3 Å². The fourth-order valence-electron chi connectivity index (χ4n) is 2.47. The van der Waals surface area contributed by atoms with Crippen LogP contribution in [0.1, 0.15) is 43.5 Å². The number of esters is 1. The van der Waals surface area contributed by atoms with Crippen molar-refractivity contribution in [3.63, 3.8) is 0 Å². The van der Waals surface area contributed by atoms with Crippen LogP contribution in [0.3, 0.4) is 0 Å². The second-order valence-corrected chi connectivity index (χ2v) is 6.56. The molecule has 0 fully saturated rings. The molecule has 1 aromatic carbocycles. The van der Waals surface area contributed by atoms with Crippen LogP contribution < -0.4 is 0 Å². The molecule has 6 nitrogen and oxygen atoms in total. The van der Waals surface area contributed by atoms with E-state index in [9.17, 15) is 9.59 Å². The summed E-state index contributed by atoms with van der Waals surface area (Å²) in [7, 11) is 0. The molecule has 0 bridgehead atoms. The third kappa shape index (κ3) is 3.36. The molecule has 0 spiro atoms. The molecule has 0 saturated heterocycles. The first-order chi connectivity index (χ1) is 12.0. The van der Waals surface area contributed by atoms with E-state index in [0.717, 1.165) is 5.01 Å². The molecule has 2 heterocycles. The molecule has 0 N–H and O–H groups in total. The molecule has 7 heteroatoms. The van der Waals surface area contributed by atoms with Gasteiger partial charge in [-0.05, 0) is 32.9 Å². The van der Waals surface area contributed by atoms with Gasteiger partial charge in [-0.25, -0.2) is 14.5 Å². The molecule has 25 heavy (non-hydrogen) atoms. The molecule has 0 aliphatic heterocycles. The van der Waals surface area contributed by atoms with Crippen LogP contribution in [0.5, 0.6) is 0 Å². The normalized spacial score (nSPS) is 10.7. The van der Waals surface area contributed by atoms with Crippen LogP contribution in [0.15, 0.2) is 36.4 Å². The zero-order valence-corrected chi connectivity index (χ0v) is 15.0. The van der Waals surface area contributed by atoms with Crippen molar-refractivity contribution in [3.05, 3.63) is 63.4 Å². The number of benzene rings is 1. The molecule has 0 amide bonds. The molecular formula is C18H17N3O3S. The van der Waals surface area contributed by atoms with Gasteiger partial charge in [0.25, 0.3) is 0 Å². The monoisotopic (exact) mass is 355 g/mol. The van der Waals surface area contributed by atoms with Gasteiger partial charge < -0.3 is 4.74 Å². The fraction of sp³-hybridized carbons (Fsp3) is 0.222. The molecule has 0 aliphatic rings. The van der Waals surface area contributed by atoms with E-state index in [1.165, 1.54) is 22.1 Å². The summed E-state index contributed by atoms with van der Waals surface area (Å²) < 4.78 is 6.53. The average molecular weight is 355 g/mol. The van der Waals surface area contributed by atoms with Crippen molar-refractivity contribution >= 4 is 23.1 Å². The summed E-state index contributed by atoms with van der Waals surface area (Å²) in [6, 6.07) is 10.6. The van der Waals surface area contributed by atoms with E-state index in [1.54, 1.807) is 13.8 Å². The predicted molar refractivity (Wildman–Crippen MR) is 94.5 cm³/mol. The number of aryl methyl sites for hydroxylation is 2. The van der Waals surface area contributed by atoms with Gasteiger partial charge in [0.1, 0.15) is 5.69 Å². The first-order valence-electron chi connectivity index (χ1n) is 7.82. The van der Waals surface area contributed by atoms with Gasteiger partial charge >= 0.3 is 5.97 Å². The standard InChI is InChI=1S/C18H17N3O3S/c1-4-24-18(23)15-10-14(16(22)17-11(2)19-12(3)25-17)20-21(15)13-8-6-5-7-9-13/h5-10H,4H2,1-3H3. The number of hydrogen-bond donors (Lipinski definition) is 0. The lowest BCUT2D eigenvalue weighted by Crippen LogP contribution is -2.11. The summed E-state index contributed by atoms with van der Waals surface area (Å²) >= 11 is 1.32. The number of ketones is 1. The third-order valence-corrected chi connectivity index (χ3v) is 4.61. The number of carbonyl (C=O) groups is 2. The Bertz CT molecular complexity index is 928. The maximum Gasteiger partial charge on any atom is 0.357 e. The molecule has 0 saturated carbocycles. The molecular weight excluding hydrogens is 338 g/mol. The number of ether oxygens (including phenoxy) is 1. The number of para-hydroxylation sites is 1. The van der Waals surface area contributed by atoms with E-state index in [4.69, 9.17) is 4.74 Å². The van der Waals surface area contributed by atoms with E-state index < -0.39 is 5.97 Å². The van der Waals surface area contributed by atoms with Gasteiger partial charge in [-0.3, -0.25) is 4.79 Å². The summed E-state index contributed by atoms with van der Waals surface area (Å²) in [6.45, 7) is 5.62. The first-order valence-corrected chi connectivity index (χ1v) is 8.64. The van der Waals surface area contributed by atoms with Gasteiger partial charge in [-0.15, -0.1) is 11.3 Å². The summed E-state index contributed by atoms with van der Waals surface area (Å²) in [4.78, 5) is 29.9. The molecule has 0 aliphatic carbocycles. The van der Waals surface area contributed by atoms with Gasteiger partial charge in [0.15, 0.2) is 5.69 Å². The van der Waals surface area contributed by atoms with Gasteiger partial charge in [0.05, 0.1) is 27.9 Å². The Hall–Kier alpha value is -2.80. The molecule has 0 atom stereocenters. The third-order valence-electron chi connectivity index (χ3n) is 3.54. The number of hydrogen-bond acceptors (Lipinski definition) is 6. The fourth-order valence-corrected chi connectivity index (χ4v) is 3.34.